The monoisotopic (exact) mass is 379 g/mol. The molecule has 0 radical (unpaired) electrons. The average Bonchev–Trinajstić information content (AvgIpc) is 3.29. The topological polar surface area (TPSA) is 119 Å². The second-order valence-electron chi connectivity index (χ2n) is 6.33. The Balaban J connectivity index is 1.55. The molecule has 0 atom stereocenters. The highest BCUT2D eigenvalue weighted by atomic mass is 16.2. The number of H-pyrrole nitrogens is 1. The van der Waals surface area contributed by atoms with Gasteiger partial charge in [0.2, 0.25) is 0 Å². The number of aryl methyl sites for hydroxylation is 1. The van der Waals surface area contributed by atoms with Gasteiger partial charge in [-0.2, -0.15) is 5.10 Å². The Hall–Kier alpha value is -3.95. The van der Waals surface area contributed by atoms with Crippen molar-refractivity contribution in [3.63, 3.8) is 0 Å². The van der Waals surface area contributed by atoms with Gasteiger partial charge in [0.05, 0.1) is 12.5 Å². The summed E-state index contributed by atoms with van der Waals surface area (Å²) in [6.07, 6.45) is 4.71. The maximum Gasteiger partial charge on any atom is 0.332 e. The van der Waals surface area contributed by atoms with Gasteiger partial charge < -0.3 is 9.55 Å². The van der Waals surface area contributed by atoms with E-state index in [4.69, 9.17) is 0 Å². The van der Waals surface area contributed by atoms with Gasteiger partial charge in [0.25, 0.3) is 11.5 Å². The first kappa shape index (κ1) is 17.5. The summed E-state index contributed by atoms with van der Waals surface area (Å²) in [7, 11) is 2.91. The van der Waals surface area contributed by atoms with Crippen LogP contribution in [0.3, 0.4) is 0 Å². The summed E-state index contributed by atoms with van der Waals surface area (Å²) in [6.45, 7) is -0.137. The van der Waals surface area contributed by atoms with Crippen LogP contribution < -0.4 is 16.7 Å². The van der Waals surface area contributed by atoms with Crippen molar-refractivity contribution in [1.29, 1.82) is 0 Å². The van der Waals surface area contributed by atoms with E-state index in [1.54, 1.807) is 12.4 Å². The van der Waals surface area contributed by atoms with Crippen LogP contribution >= 0.6 is 0 Å². The average molecular weight is 379 g/mol. The summed E-state index contributed by atoms with van der Waals surface area (Å²) in [5.74, 6) is -0.413. The third-order valence-electron chi connectivity index (χ3n) is 4.54. The van der Waals surface area contributed by atoms with E-state index in [0.717, 1.165) is 21.0 Å². The number of imidazole rings is 1. The van der Waals surface area contributed by atoms with E-state index >= 15 is 0 Å². The minimum Gasteiger partial charge on any atom is -0.361 e. The first-order chi connectivity index (χ1) is 13.5. The zero-order valence-electron chi connectivity index (χ0n) is 15.2. The van der Waals surface area contributed by atoms with E-state index in [-0.39, 0.29) is 17.7 Å². The van der Waals surface area contributed by atoms with E-state index in [0.29, 0.717) is 0 Å². The van der Waals surface area contributed by atoms with Crippen molar-refractivity contribution in [2.45, 2.75) is 6.54 Å². The van der Waals surface area contributed by atoms with Crippen LogP contribution in [0.2, 0.25) is 0 Å². The maximum atomic E-state index is 12.2. The molecule has 1 amide bonds. The molecule has 0 bridgehead atoms. The Morgan fingerprint density at radius 3 is 2.86 bits per heavy atom. The minimum atomic E-state index is -0.505. The number of fused-ring (bicyclic) bond motifs is 2. The number of carbonyl (C=O) groups excluding carboxylic acids is 1. The normalized spacial score (nSPS) is 11.6. The third kappa shape index (κ3) is 2.80. The molecule has 0 aliphatic rings. The van der Waals surface area contributed by atoms with Gasteiger partial charge in [-0.15, -0.1) is 0 Å². The van der Waals surface area contributed by atoms with E-state index in [1.165, 1.54) is 29.6 Å². The molecule has 3 heterocycles. The van der Waals surface area contributed by atoms with Crippen molar-refractivity contribution < 1.29 is 4.79 Å². The number of amides is 1. The summed E-state index contributed by atoms with van der Waals surface area (Å²) < 4.78 is 3.70. The molecule has 10 nitrogen and oxygen atoms in total. The van der Waals surface area contributed by atoms with Gasteiger partial charge in [0.1, 0.15) is 12.2 Å². The standard InChI is InChI=1S/C18H17N7O3/c1-23-16-15(17(27)24(2)18(23)28)20-10-25(16)9-14(26)22-21-8-11-7-19-13-6-4-3-5-12(11)13/h3-8,10,19H,9H2,1-2H3,(H,22,26)/b21-8+. The number of hydrazone groups is 1. The zero-order valence-corrected chi connectivity index (χ0v) is 15.2. The molecule has 0 aliphatic heterocycles. The minimum absolute atomic E-state index is 0.125. The third-order valence-corrected chi connectivity index (χ3v) is 4.54. The van der Waals surface area contributed by atoms with Crippen molar-refractivity contribution in [2.24, 2.45) is 19.2 Å². The molecule has 2 N–H and O–H groups in total. The lowest BCUT2D eigenvalue weighted by atomic mass is 10.2. The highest BCUT2D eigenvalue weighted by Gasteiger charge is 2.15. The number of benzene rings is 1. The summed E-state index contributed by atoms with van der Waals surface area (Å²) in [5.41, 5.74) is 3.68. The quantitative estimate of drug-likeness (QED) is 0.385. The van der Waals surface area contributed by atoms with Crippen molar-refractivity contribution >= 4 is 34.2 Å². The van der Waals surface area contributed by atoms with Crippen LogP contribution in [0.25, 0.3) is 22.1 Å². The molecule has 0 saturated heterocycles. The van der Waals surface area contributed by atoms with Crippen molar-refractivity contribution in [3.8, 4) is 0 Å². The number of aromatic nitrogens is 5. The maximum absolute atomic E-state index is 12.2. The second-order valence-corrected chi connectivity index (χ2v) is 6.33. The second kappa shape index (κ2) is 6.65. The molecule has 142 valence electrons. The Labute approximate surface area is 157 Å². The smallest absolute Gasteiger partial charge is 0.332 e. The highest BCUT2D eigenvalue weighted by Crippen LogP contribution is 2.15. The molecule has 0 fully saturated rings. The summed E-state index contributed by atoms with van der Waals surface area (Å²) in [5, 5.41) is 4.98. The predicted molar refractivity (Wildman–Crippen MR) is 104 cm³/mol. The Kier molecular flexibility index (Phi) is 4.15. The number of nitrogens with one attached hydrogen (secondary N) is 2. The number of hydrogen-bond donors (Lipinski definition) is 2. The van der Waals surface area contributed by atoms with Crippen LogP contribution in [0.4, 0.5) is 0 Å². The molecule has 28 heavy (non-hydrogen) atoms. The van der Waals surface area contributed by atoms with E-state index in [1.807, 2.05) is 24.3 Å². The number of nitrogens with zero attached hydrogens (tertiary/aromatic N) is 5. The van der Waals surface area contributed by atoms with Crippen LogP contribution in [0, 0.1) is 0 Å². The molecule has 0 unspecified atom stereocenters. The Bertz CT molecular complexity index is 1350. The van der Waals surface area contributed by atoms with Gasteiger partial charge in [0.15, 0.2) is 5.52 Å². The molecule has 4 rings (SSSR count). The first-order valence-electron chi connectivity index (χ1n) is 8.46. The summed E-state index contributed by atoms with van der Waals surface area (Å²) in [4.78, 5) is 43.7. The van der Waals surface area contributed by atoms with Gasteiger partial charge in [0, 0.05) is 36.8 Å². The van der Waals surface area contributed by atoms with Crippen LogP contribution in [0.15, 0.2) is 51.5 Å². The van der Waals surface area contributed by atoms with Crippen LogP contribution in [-0.2, 0) is 25.4 Å². The number of para-hydroxylation sites is 1. The SMILES string of the molecule is Cn1c(=O)c2ncn(CC(=O)N/N=C/c3c[nH]c4ccccc34)c2n(C)c1=O. The fourth-order valence-corrected chi connectivity index (χ4v) is 3.12. The molecular weight excluding hydrogens is 362 g/mol. The number of carbonyl (C=O) groups is 1. The number of hydrogen-bond acceptors (Lipinski definition) is 5. The van der Waals surface area contributed by atoms with Gasteiger partial charge in [-0.05, 0) is 6.07 Å². The van der Waals surface area contributed by atoms with Gasteiger partial charge in [-0.3, -0.25) is 18.7 Å². The van der Waals surface area contributed by atoms with Crippen molar-refractivity contribution in [3.05, 3.63) is 63.2 Å². The molecule has 0 saturated carbocycles. The van der Waals surface area contributed by atoms with Crippen LogP contribution in [-0.4, -0.2) is 35.8 Å². The fraction of sp³-hybridized carbons (Fsp3) is 0.167. The van der Waals surface area contributed by atoms with E-state index < -0.39 is 17.2 Å². The molecule has 3 aromatic heterocycles. The zero-order chi connectivity index (χ0) is 19.8. The fourth-order valence-electron chi connectivity index (χ4n) is 3.12. The van der Waals surface area contributed by atoms with Crippen molar-refractivity contribution in [2.75, 3.05) is 0 Å². The molecule has 0 aliphatic carbocycles. The summed E-state index contributed by atoms with van der Waals surface area (Å²) in [6, 6.07) is 7.75. The van der Waals surface area contributed by atoms with Crippen LogP contribution in [0.5, 0.6) is 0 Å². The highest BCUT2D eigenvalue weighted by molar-refractivity contribution is 5.99. The molecular formula is C18H17N7O3. The lowest BCUT2D eigenvalue weighted by molar-refractivity contribution is -0.121. The number of aromatic amines is 1. The van der Waals surface area contributed by atoms with Gasteiger partial charge >= 0.3 is 5.69 Å². The molecule has 4 aromatic rings. The van der Waals surface area contributed by atoms with Gasteiger partial charge in [-0.1, -0.05) is 18.2 Å². The van der Waals surface area contributed by atoms with E-state index in [2.05, 4.69) is 20.5 Å². The summed E-state index contributed by atoms with van der Waals surface area (Å²) >= 11 is 0. The Morgan fingerprint density at radius 2 is 2.04 bits per heavy atom. The lowest BCUT2D eigenvalue weighted by Crippen LogP contribution is -2.37. The van der Waals surface area contributed by atoms with E-state index in [9.17, 15) is 14.4 Å². The van der Waals surface area contributed by atoms with Gasteiger partial charge in [-0.25, -0.2) is 15.2 Å². The lowest BCUT2D eigenvalue weighted by Gasteiger charge is -2.07. The predicted octanol–water partition coefficient (Wildman–Crippen LogP) is 0.0653. The Morgan fingerprint density at radius 1 is 1.25 bits per heavy atom. The van der Waals surface area contributed by atoms with Crippen molar-refractivity contribution in [1.82, 2.24) is 29.1 Å². The van der Waals surface area contributed by atoms with Crippen LogP contribution in [0.1, 0.15) is 5.56 Å². The molecule has 10 heteroatoms. The molecule has 0 spiro atoms. The first-order valence-corrected chi connectivity index (χ1v) is 8.46. The largest absolute Gasteiger partial charge is 0.361 e. The number of rotatable bonds is 4. The molecule has 1 aromatic carbocycles.